The van der Waals surface area contributed by atoms with Crippen LogP contribution in [0, 0.1) is 0 Å². The molecule has 0 aliphatic carbocycles. The van der Waals surface area contributed by atoms with Gasteiger partial charge in [-0.25, -0.2) is 4.79 Å². The highest BCUT2D eigenvalue weighted by Crippen LogP contribution is 2.42. The van der Waals surface area contributed by atoms with Crippen molar-refractivity contribution < 1.29 is 23.8 Å². The van der Waals surface area contributed by atoms with E-state index < -0.39 is 17.9 Å². The van der Waals surface area contributed by atoms with Gasteiger partial charge in [-0.1, -0.05) is 51.1 Å². The Hall–Kier alpha value is -3.28. The molecule has 1 unspecified atom stereocenters. The third kappa shape index (κ3) is 4.96. The molecule has 0 saturated carbocycles. The summed E-state index contributed by atoms with van der Waals surface area (Å²) >= 11 is 0. The van der Waals surface area contributed by atoms with Crippen LogP contribution in [0.15, 0.2) is 53.9 Å². The molecule has 3 rings (SSSR count). The summed E-state index contributed by atoms with van der Waals surface area (Å²) in [6.45, 7) is 10.4. The number of nitrogens with two attached hydrogens (primary N) is 1. The fraction of sp³-hybridized carbons (Fsp3) is 0.385. The van der Waals surface area contributed by atoms with Crippen LogP contribution >= 0.6 is 0 Å². The monoisotopic (exact) mass is 437 g/mol. The Labute approximate surface area is 189 Å². The summed E-state index contributed by atoms with van der Waals surface area (Å²) in [5, 5.41) is 0. The average Bonchev–Trinajstić information content (AvgIpc) is 2.73. The minimum Gasteiger partial charge on any atom is -0.466 e. The number of fused-ring (bicyclic) bond motifs is 1. The highest BCUT2D eigenvalue weighted by atomic mass is 16.5. The van der Waals surface area contributed by atoms with Gasteiger partial charge in [-0.15, -0.1) is 0 Å². The van der Waals surface area contributed by atoms with Crippen molar-refractivity contribution in [2.45, 2.75) is 52.4 Å². The normalized spacial score (nSPS) is 15.6. The minimum absolute atomic E-state index is 0.0362. The smallest absolute Gasteiger partial charge is 0.340 e. The van der Waals surface area contributed by atoms with Gasteiger partial charge < -0.3 is 19.9 Å². The predicted octanol–water partition coefficient (Wildman–Crippen LogP) is 4.81. The number of benzene rings is 2. The average molecular weight is 438 g/mol. The van der Waals surface area contributed by atoms with Crippen LogP contribution in [0.5, 0.6) is 5.75 Å². The molecule has 0 spiro atoms. The summed E-state index contributed by atoms with van der Waals surface area (Å²) in [6.07, 6.45) is -0.0362. The summed E-state index contributed by atoms with van der Waals surface area (Å²) in [7, 11) is 0. The maximum Gasteiger partial charge on any atom is 0.340 e. The lowest BCUT2D eigenvalue weighted by Gasteiger charge is -2.28. The van der Waals surface area contributed by atoms with Crippen LogP contribution in [0.25, 0.3) is 11.1 Å². The zero-order valence-corrected chi connectivity index (χ0v) is 19.4. The van der Waals surface area contributed by atoms with Crippen LogP contribution in [0.1, 0.15) is 58.1 Å². The van der Waals surface area contributed by atoms with Crippen LogP contribution in [-0.4, -0.2) is 25.2 Å². The summed E-state index contributed by atoms with van der Waals surface area (Å²) in [5.41, 5.74) is 10.2. The quantitative estimate of drug-likeness (QED) is 0.652. The molecule has 1 atom stereocenters. The van der Waals surface area contributed by atoms with Crippen LogP contribution < -0.4 is 10.5 Å². The molecule has 0 radical (unpaired) electrons. The van der Waals surface area contributed by atoms with E-state index in [9.17, 15) is 9.59 Å². The van der Waals surface area contributed by atoms with E-state index >= 15 is 0 Å². The largest absolute Gasteiger partial charge is 0.466 e. The lowest BCUT2D eigenvalue weighted by atomic mass is 9.83. The second-order valence-electron chi connectivity index (χ2n) is 8.74. The number of carbonyl (C=O) groups is 2. The van der Waals surface area contributed by atoms with Crippen LogP contribution in [-0.2, 0) is 24.5 Å². The first-order chi connectivity index (χ1) is 15.2. The van der Waals surface area contributed by atoms with E-state index in [1.54, 1.807) is 13.8 Å². The number of hydrogen-bond donors (Lipinski definition) is 1. The molecule has 0 fully saturated rings. The predicted molar refractivity (Wildman–Crippen MR) is 123 cm³/mol. The van der Waals surface area contributed by atoms with Gasteiger partial charge in [0.1, 0.15) is 11.3 Å². The van der Waals surface area contributed by atoms with E-state index in [-0.39, 0.29) is 36.5 Å². The summed E-state index contributed by atoms with van der Waals surface area (Å²) < 4.78 is 16.1. The fourth-order valence-electron chi connectivity index (χ4n) is 3.81. The van der Waals surface area contributed by atoms with E-state index in [4.69, 9.17) is 19.9 Å². The minimum atomic E-state index is -0.620. The lowest BCUT2D eigenvalue weighted by molar-refractivity contribution is -0.143. The van der Waals surface area contributed by atoms with E-state index in [2.05, 4.69) is 45.0 Å². The summed E-state index contributed by atoms with van der Waals surface area (Å²) in [6, 6.07) is 14.1. The van der Waals surface area contributed by atoms with E-state index in [0.717, 1.165) is 11.1 Å². The van der Waals surface area contributed by atoms with Crippen molar-refractivity contribution in [1.82, 2.24) is 0 Å². The zero-order chi connectivity index (χ0) is 23.5. The van der Waals surface area contributed by atoms with E-state index in [1.807, 2.05) is 18.2 Å². The number of ether oxygens (including phenoxy) is 3. The number of rotatable bonds is 6. The van der Waals surface area contributed by atoms with Gasteiger partial charge in [0.2, 0.25) is 5.88 Å². The highest BCUT2D eigenvalue weighted by molar-refractivity contribution is 5.93. The molecule has 0 bridgehead atoms. The molecule has 32 heavy (non-hydrogen) atoms. The first-order valence-corrected chi connectivity index (χ1v) is 10.9. The van der Waals surface area contributed by atoms with Crippen LogP contribution in [0.4, 0.5) is 0 Å². The van der Waals surface area contributed by atoms with Crippen LogP contribution in [0.2, 0.25) is 0 Å². The van der Waals surface area contributed by atoms with Crippen molar-refractivity contribution >= 4 is 11.9 Å². The van der Waals surface area contributed by atoms with Gasteiger partial charge in [0.15, 0.2) is 0 Å². The van der Waals surface area contributed by atoms with E-state index in [0.29, 0.717) is 11.3 Å². The summed E-state index contributed by atoms with van der Waals surface area (Å²) in [4.78, 5) is 25.0. The van der Waals surface area contributed by atoms with Crippen molar-refractivity contribution in [2.75, 3.05) is 13.2 Å². The molecule has 0 amide bonds. The van der Waals surface area contributed by atoms with Crippen molar-refractivity contribution in [1.29, 1.82) is 0 Å². The topological polar surface area (TPSA) is 87.9 Å². The molecule has 6 nitrogen and oxygen atoms in total. The molecule has 1 aliphatic rings. The molecule has 2 N–H and O–H groups in total. The molecule has 6 heteroatoms. The molecule has 1 aliphatic heterocycles. The summed E-state index contributed by atoms with van der Waals surface area (Å²) in [5.74, 6) is -1.16. The standard InChI is InChI=1S/C26H31NO5/c1-6-30-22(28)15-20-19-14-17(16-8-11-18(12-9-16)26(3,4)5)10-13-21(19)32-24(27)23(20)25(29)31-7-2/h8-14,20H,6-7,15,27H2,1-5H3. The first kappa shape index (κ1) is 23.4. The third-order valence-electron chi connectivity index (χ3n) is 5.47. The molecule has 1 heterocycles. The van der Waals surface area contributed by atoms with Gasteiger partial charge in [-0.2, -0.15) is 0 Å². The molecule has 170 valence electrons. The molecular formula is C26H31NO5. The van der Waals surface area contributed by atoms with Crippen molar-refractivity contribution in [3.63, 3.8) is 0 Å². The first-order valence-electron chi connectivity index (χ1n) is 10.9. The maximum absolute atomic E-state index is 12.7. The molecule has 0 saturated heterocycles. The molecular weight excluding hydrogens is 406 g/mol. The van der Waals surface area contributed by atoms with Crippen LogP contribution in [0.3, 0.4) is 0 Å². The van der Waals surface area contributed by atoms with Crippen molar-refractivity contribution in [3.05, 3.63) is 65.0 Å². The van der Waals surface area contributed by atoms with Gasteiger partial charge >= 0.3 is 11.9 Å². The fourth-order valence-corrected chi connectivity index (χ4v) is 3.81. The SMILES string of the molecule is CCOC(=O)CC1C(C(=O)OCC)=C(N)Oc2ccc(-c3ccc(C(C)(C)C)cc3)cc21. The van der Waals surface area contributed by atoms with Crippen molar-refractivity contribution in [2.24, 2.45) is 5.73 Å². The molecule has 0 aromatic heterocycles. The molecule has 2 aromatic carbocycles. The second kappa shape index (κ2) is 9.47. The van der Waals surface area contributed by atoms with Crippen molar-refractivity contribution in [3.8, 4) is 16.9 Å². The third-order valence-corrected chi connectivity index (χ3v) is 5.47. The maximum atomic E-state index is 12.7. The number of esters is 2. The number of hydrogen-bond acceptors (Lipinski definition) is 6. The highest BCUT2D eigenvalue weighted by Gasteiger charge is 2.36. The Morgan fingerprint density at radius 2 is 1.59 bits per heavy atom. The number of carbonyl (C=O) groups excluding carboxylic acids is 2. The zero-order valence-electron chi connectivity index (χ0n) is 19.4. The second-order valence-corrected chi connectivity index (χ2v) is 8.74. The Morgan fingerprint density at radius 3 is 2.19 bits per heavy atom. The van der Waals surface area contributed by atoms with E-state index in [1.165, 1.54) is 5.56 Å². The van der Waals surface area contributed by atoms with Gasteiger partial charge in [0.25, 0.3) is 0 Å². The van der Waals surface area contributed by atoms with Gasteiger partial charge in [-0.05, 0) is 48.1 Å². The Balaban J connectivity index is 2.04. The van der Waals surface area contributed by atoms with Gasteiger partial charge in [0, 0.05) is 11.5 Å². The molecule has 2 aromatic rings. The Morgan fingerprint density at radius 1 is 0.969 bits per heavy atom. The van der Waals surface area contributed by atoms with Gasteiger partial charge in [0.05, 0.1) is 19.6 Å². The lowest BCUT2D eigenvalue weighted by Crippen LogP contribution is -2.28. The Bertz CT molecular complexity index is 1030. The Kier molecular flexibility index (Phi) is 6.92. The van der Waals surface area contributed by atoms with Gasteiger partial charge in [-0.3, -0.25) is 4.79 Å².